The number of rotatable bonds is 5. The molecule has 0 aliphatic rings. The molecule has 1 N–H and O–H groups in total. The van der Waals surface area contributed by atoms with Crippen LogP contribution >= 0.6 is 0 Å². The fraction of sp³-hybridized carbons (Fsp3) is 0.545. The van der Waals surface area contributed by atoms with E-state index in [0.29, 0.717) is 0 Å². The molecule has 1 heterocycles. The predicted octanol–water partition coefficient (Wildman–Crippen LogP) is 1.65. The first kappa shape index (κ1) is 11.0. The fourth-order valence-electron chi connectivity index (χ4n) is 1.50. The largest absolute Gasteiger partial charge is 0.357 e. The fourth-order valence-corrected chi connectivity index (χ4v) is 1.50. The average molecular weight is 193 g/mol. The molecule has 78 valence electrons. The van der Waals surface area contributed by atoms with Gasteiger partial charge < -0.3 is 10.2 Å². The topological polar surface area (TPSA) is 28.2 Å². The first-order valence-corrected chi connectivity index (χ1v) is 5.16. The lowest BCUT2D eigenvalue weighted by molar-refractivity contribution is 0.805. The lowest BCUT2D eigenvalue weighted by Gasteiger charge is -2.20. The van der Waals surface area contributed by atoms with Crippen LogP contribution in [0.15, 0.2) is 18.3 Å². The Labute approximate surface area is 86.2 Å². The molecular formula is C11H19N3. The molecule has 1 aromatic heterocycles. The van der Waals surface area contributed by atoms with Crippen LogP contribution in [0.4, 0.5) is 5.82 Å². The van der Waals surface area contributed by atoms with Gasteiger partial charge in [-0.2, -0.15) is 0 Å². The molecule has 0 spiro atoms. The summed E-state index contributed by atoms with van der Waals surface area (Å²) < 4.78 is 0. The lowest BCUT2D eigenvalue weighted by Crippen LogP contribution is -2.23. The van der Waals surface area contributed by atoms with E-state index in [2.05, 4.69) is 35.1 Å². The first-order chi connectivity index (χ1) is 6.81. The van der Waals surface area contributed by atoms with Crippen molar-refractivity contribution in [1.29, 1.82) is 0 Å². The SMILES string of the molecule is CCN(CC)c1cc(CNC)ccn1. The Bertz CT molecular complexity index is 269. The molecule has 0 atom stereocenters. The minimum atomic E-state index is 0.900. The summed E-state index contributed by atoms with van der Waals surface area (Å²) in [5.41, 5.74) is 1.28. The van der Waals surface area contributed by atoms with E-state index in [9.17, 15) is 0 Å². The Hall–Kier alpha value is -1.09. The maximum atomic E-state index is 4.36. The molecule has 0 saturated carbocycles. The molecule has 3 heteroatoms. The van der Waals surface area contributed by atoms with Crippen LogP contribution in [0.5, 0.6) is 0 Å². The van der Waals surface area contributed by atoms with E-state index in [1.54, 1.807) is 0 Å². The molecular weight excluding hydrogens is 174 g/mol. The number of anilines is 1. The van der Waals surface area contributed by atoms with Gasteiger partial charge in [-0.15, -0.1) is 0 Å². The number of pyridine rings is 1. The van der Waals surface area contributed by atoms with Gasteiger partial charge in [0, 0.05) is 25.8 Å². The third kappa shape index (κ3) is 2.70. The zero-order chi connectivity index (χ0) is 10.4. The minimum Gasteiger partial charge on any atom is -0.357 e. The van der Waals surface area contributed by atoms with Gasteiger partial charge in [0.15, 0.2) is 0 Å². The Balaban J connectivity index is 2.81. The minimum absolute atomic E-state index is 0.900. The summed E-state index contributed by atoms with van der Waals surface area (Å²) in [7, 11) is 1.96. The van der Waals surface area contributed by atoms with E-state index in [4.69, 9.17) is 0 Å². The molecule has 0 unspecified atom stereocenters. The molecule has 1 rings (SSSR count). The highest BCUT2D eigenvalue weighted by atomic mass is 15.2. The van der Waals surface area contributed by atoms with Gasteiger partial charge >= 0.3 is 0 Å². The molecule has 0 radical (unpaired) electrons. The molecule has 0 amide bonds. The van der Waals surface area contributed by atoms with Crippen LogP contribution in [-0.2, 0) is 6.54 Å². The van der Waals surface area contributed by atoms with E-state index in [-0.39, 0.29) is 0 Å². The summed E-state index contributed by atoms with van der Waals surface area (Å²) in [5, 5.41) is 3.14. The Morgan fingerprint density at radius 2 is 2.07 bits per heavy atom. The van der Waals surface area contributed by atoms with E-state index in [0.717, 1.165) is 25.5 Å². The summed E-state index contributed by atoms with van der Waals surface area (Å²) in [6, 6.07) is 4.19. The highest BCUT2D eigenvalue weighted by Gasteiger charge is 2.02. The number of nitrogens with zero attached hydrogens (tertiary/aromatic N) is 2. The number of nitrogens with one attached hydrogen (secondary N) is 1. The van der Waals surface area contributed by atoms with Crippen LogP contribution in [0.1, 0.15) is 19.4 Å². The van der Waals surface area contributed by atoms with Crippen molar-refractivity contribution in [3.05, 3.63) is 23.9 Å². The summed E-state index contributed by atoms with van der Waals surface area (Å²) >= 11 is 0. The highest BCUT2D eigenvalue weighted by Crippen LogP contribution is 2.11. The van der Waals surface area contributed by atoms with Crippen LogP contribution in [0.25, 0.3) is 0 Å². The monoisotopic (exact) mass is 193 g/mol. The van der Waals surface area contributed by atoms with Crippen LogP contribution in [0.2, 0.25) is 0 Å². The summed E-state index contributed by atoms with van der Waals surface area (Å²) in [5.74, 6) is 1.07. The molecule has 0 aromatic carbocycles. The molecule has 0 aliphatic carbocycles. The smallest absolute Gasteiger partial charge is 0.128 e. The zero-order valence-corrected chi connectivity index (χ0v) is 9.25. The van der Waals surface area contributed by atoms with Crippen molar-refractivity contribution in [2.45, 2.75) is 20.4 Å². The van der Waals surface area contributed by atoms with Crippen molar-refractivity contribution in [1.82, 2.24) is 10.3 Å². The van der Waals surface area contributed by atoms with Gasteiger partial charge in [0.25, 0.3) is 0 Å². The second-order valence-electron chi connectivity index (χ2n) is 3.22. The molecule has 0 bridgehead atoms. The van der Waals surface area contributed by atoms with E-state index in [1.807, 2.05) is 19.3 Å². The van der Waals surface area contributed by atoms with Crippen LogP contribution in [0, 0.1) is 0 Å². The van der Waals surface area contributed by atoms with Gasteiger partial charge in [0.05, 0.1) is 0 Å². The van der Waals surface area contributed by atoms with E-state index >= 15 is 0 Å². The normalized spacial score (nSPS) is 10.2. The maximum Gasteiger partial charge on any atom is 0.128 e. The van der Waals surface area contributed by atoms with Crippen molar-refractivity contribution in [3.63, 3.8) is 0 Å². The molecule has 0 saturated heterocycles. The third-order valence-corrected chi connectivity index (χ3v) is 2.28. The second-order valence-corrected chi connectivity index (χ2v) is 3.22. The number of hydrogen-bond donors (Lipinski definition) is 1. The quantitative estimate of drug-likeness (QED) is 0.770. The first-order valence-electron chi connectivity index (χ1n) is 5.16. The van der Waals surface area contributed by atoms with E-state index in [1.165, 1.54) is 5.56 Å². The Kier molecular flexibility index (Phi) is 4.40. The summed E-state index contributed by atoms with van der Waals surface area (Å²) in [6.07, 6.45) is 1.88. The van der Waals surface area contributed by atoms with E-state index < -0.39 is 0 Å². The summed E-state index contributed by atoms with van der Waals surface area (Å²) in [4.78, 5) is 6.61. The molecule has 14 heavy (non-hydrogen) atoms. The number of aromatic nitrogens is 1. The van der Waals surface area contributed by atoms with Crippen LogP contribution in [-0.4, -0.2) is 25.1 Å². The van der Waals surface area contributed by atoms with Gasteiger partial charge in [-0.1, -0.05) is 0 Å². The van der Waals surface area contributed by atoms with Crippen molar-refractivity contribution in [2.24, 2.45) is 0 Å². The standard InChI is InChI=1S/C11H19N3/c1-4-14(5-2)11-8-10(9-12-3)6-7-13-11/h6-8,12H,4-5,9H2,1-3H3. The number of hydrogen-bond acceptors (Lipinski definition) is 3. The Morgan fingerprint density at radius 1 is 1.36 bits per heavy atom. The average Bonchev–Trinajstić information content (AvgIpc) is 2.21. The molecule has 0 aliphatic heterocycles. The highest BCUT2D eigenvalue weighted by molar-refractivity contribution is 5.40. The third-order valence-electron chi connectivity index (χ3n) is 2.28. The van der Waals surface area contributed by atoms with Gasteiger partial charge in [-0.25, -0.2) is 4.98 Å². The Morgan fingerprint density at radius 3 is 2.64 bits per heavy atom. The van der Waals surface area contributed by atoms with Crippen molar-refractivity contribution in [2.75, 3.05) is 25.0 Å². The lowest BCUT2D eigenvalue weighted by atomic mass is 10.2. The maximum absolute atomic E-state index is 4.36. The van der Waals surface area contributed by atoms with Crippen LogP contribution in [0.3, 0.4) is 0 Å². The van der Waals surface area contributed by atoms with Crippen LogP contribution < -0.4 is 10.2 Å². The van der Waals surface area contributed by atoms with Gasteiger partial charge in [0.1, 0.15) is 5.82 Å². The van der Waals surface area contributed by atoms with Crippen molar-refractivity contribution >= 4 is 5.82 Å². The van der Waals surface area contributed by atoms with Crippen molar-refractivity contribution < 1.29 is 0 Å². The van der Waals surface area contributed by atoms with Gasteiger partial charge in [-0.05, 0) is 38.6 Å². The zero-order valence-electron chi connectivity index (χ0n) is 9.25. The second kappa shape index (κ2) is 5.60. The molecule has 0 fully saturated rings. The van der Waals surface area contributed by atoms with Gasteiger partial charge in [-0.3, -0.25) is 0 Å². The molecule has 3 nitrogen and oxygen atoms in total. The van der Waals surface area contributed by atoms with Crippen molar-refractivity contribution in [3.8, 4) is 0 Å². The molecule has 1 aromatic rings. The van der Waals surface area contributed by atoms with Gasteiger partial charge in [0.2, 0.25) is 0 Å². The predicted molar refractivity (Wildman–Crippen MR) is 60.6 cm³/mol. The summed E-state index contributed by atoms with van der Waals surface area (Å²) in [6.45, 7) is 7.21.